The third-order valence-electron chi connectivity index (χ3n) is 13.6. The number of rotatable bonds is 7. The minimum absolute atomic E-state index is 0.0186. The van der Waals surface area contributed by atoms with Gasteiger partial charge in [0, 0.05) is 16.7 Å². The second kappa shape index (κ2) is 14.5. The molecule has 4 heteroatoms. The van der Waals surface area contributed by atoms with Gasteiger partial charge in [-0.25, -0.2) is 15.0 Å². The fraction of sp³-hybridized carbons (Fsp3) is 0.211. The molecule has 0 saturated heterocycles. The highest BCUT2D eigenvalue weighted by molar-refractivity contribution is 6.88. The van der Waals surface area contributed by atoms with E-state index in [1.807, 2.05) is 0 Å². The Balaban J connectivity index is 1.15. The van der Waals surface area contributed by atoms with Gasteiger partial charge >= 0.3 is 0 Å². The maximum Gasteiger partial charge on any atom is 0.164 e. The van der Waals surface area contributed by atoms with Crippen LogP contribution in [0.4, 0.5) is 0 Å². The normalized spacial score (nSPS) is 15.7. The Labute approximate surface area is 362 Å². The molecule has 2 aliphatic rings. The first-order valence-corrected chi connectivity index (χ1v) is 25.3. The highest BCUT2D eigenvalue weighted by Gasteiger charge is 2.46. The quantitative estimate of drug-likeness (QED) is 0.151. The predicted molar refractivity (Wildman–Crippen MR) is 257 cm³/mol. The van der Waals surface area contributed by atoms with E-state index in [9.17, 15) is 0 Å². The molecule has 0 aliphatic heterocycles. The highest BCUT2D eigenvalue weighted by Crippen LogP contribution is 2.57. The fourth-order valence-corrected chi connectivity index (χ4v) is 11.4. The molecule has 3 nitrogen and oxygen atoms in total. The lowest BCUT2D eigenvalue weighted by molar-refractivity contribution is 0.332. The van der Waals surface area contributed by atoms with Crippen LogP contribution in [0.2, 0.25) is 19.6 Å². The molecule has 0 bridgehead atoms. The Bertz CT molecular complexity index is 2900. The molecular weight excluding hydrogens is 755 g/mol. The largest absolute Gasteiger partial charge is 0.208 e. The summed E-state index contributed by atoms with van der Waals surface area (Å²) >= 11 is 0. The summed E-state index contributed by atoms with van der Waals surface area (Å²) in [6.07, 6.45) is 2.25. The first-order chi connectivity index (χ1) is 29.3. The van der Waals surface area contributed by atoms with Crippen LogP contribution in [0, 0.1) is 0 Å². The summed E-state index contributed by atoms with van der Waals surface area (Å²) in [7, 11) is -1.50. The van der Waals surface area contributed by atoms with E-state index in [1.165, 1.54) is 49.7 Å². The van der Waals surface area contributed by atoms with Gasteiger partial charge in [-0.15, -0.1) is 0 Å². The van der Waals surface area contributed by atoms with Crippen molar-refractivity contribution in [1.29, 1.82) is 0 Å². The van der Waals surface area contributed by atoms with E-state index < -0.39 is 13.5 Å². The van der Waals surface area contributed by atoms with E-state index in [0.717, 1.165) is 46.5 Å². The van der Waals surface area contributed by atoms with Gasteiger partial charge in [-0.3, -0.25) is 0 Å². The summed E-state index contributed by atoms with van der Waals surface area (Å²) in [5.41, 5.74) is 15.4. The van der Waals surface area contributed by atoms with E-state index in [1.54, 1.807) is 0 Å². The molecular formula is C57H53N3Si. The number of fused-ring (bicyclic) bond motifs is 4. The van der Waals surface area contributed by atoms with Crippen molar-refractivity contribution in [2.45, 2.75) is 76.4 Å². The summed E-state index contributed by atoms with van der Waals surface area (Å²) in [4.78, 5) is 16.0. The van der Waals surface area contributed by atoms with Gasteiger partial charge < -0.3 is 0 Å². The van der Waals surface area contributed by atoms with Gasteiger partial charge in [-0.1, -0.05) is 210 Å². The molecule has 0 fully saturated rings. The van der Waals surface area contributed by atoms with Crippen molar-refractivity contribution >= 4 is 13.3 Å². The van der Waals surface area contributed by atoms with Crippen molar-refractivity contribution in [2.75, 3.05) is 0 Å². The molecule has 0 unspecified atom stereocenters. The van der Waals surface area contributed by atoms with Crippen molar-refractivity contribution in [3.8, 4) is 56.4 Å². The van der Waals surface area contributed by atoms with E-state index in [4.69, 9.17) is 15.0 Å². The van der Waals surface area contributed by atoms with Crippen LogP contribution < -0.4 is 5.19 Å². The van der Waals surface area contributed by atoms with Gasteiger partial charge in [-0.05, 0) is 91.4 Å². The molecule has 0 N–H and O–H groups in total. The molecule has 1 aromatic heterocycles. The minimum Gasteiger partial charge on any atom is -0.208 e. The van der Waals surface area contributed by atoms with Crippen LogP contribution in [0.3, 0.4) is 0 Å². The molecule has 0 amide bonds. The van der Waals surface area contributed by atoms with Crippen molar-refractivity contribution in [3.63, 3.8) is 0 Å². The van der Waals surface area contributed by atoms with E-state index in [-0.39, 0.29) is 10.8 Å². The van der Waals surface area contributed by atoms with Crippen molar-refractivity contribution in [2.24, 2.45) is 0 Å². The van der Waals surface area contributed by atoms with E-state index >= 15 is 0 Å². The number of nitrogens with zero attached hydrogens (tertiary/aromatic N) is 3. The molecule has 61 heavy (non-hydrogen) atoms. The first-order valence-electron chi connectivity index (χ1n) is 21.8. The maximum atomic E-state index is 5.38. The third-order valence-corrected chi connectivity index (χ3v) is 15.7. The lowest BCUT2D eigenvalue weighted by Crippen LogP contribution is -2.37. The van der Waals surface area contributed by atoms with Gasteiger partial charge in [0.15, 0.2) is 17.5 Å². The second-order valence-corrected chi connectivity index (χ2v) is 24.6. The Morgan fingerprint density at radius 2 is 0.902 bits per heavy atom. The molecule has 8 aromatic rings. The molecule has 0 spiro atoms. The minimum atomic E-state index is -1.50. The lowest BCUT2D eigenvalue weighted by atomic mass is 9.62. The lowest BCUT2D eigenvalue weighted by Gasteiger charge is -2.42. The van der Waals surface area contributed by atoms with Gasteiger partial charge in [0.05, 0.1) is 13.5 Å². The highest BCUT2D eigenvalue weighted by atomic mass is 28.3. The number of aromatic nitrogens is 3. The standard InChI is InChI=1S/C57H53N3Si/c1-55(2)34-35-56(3,4)51-47(25-17-27-49(51)55)54-59-52(38-28-31-44(32-29-38)61(5,6)7)58-53(60-54)41-19-16-18-39(36-41)40-30-33-46-45-24-14-15-26-48(45)57(50(46)37-40,42-20-10-8-11-21-42)43-22-12-9-13-23-43/h8-33,36-37H,34-35H2,1-7H3. The van der Waals surface area contributed by atoms with Crippen LogP contribution >= 0.6 is 0 Å². The molecule has 0 saturated carbocycles. The average Bonchev–Trinajstić information content (AvgIpc) is 3.58. The number of hydrogen-bond acceptors (Lipinski definition) is 3. The summed E-state index contributed by atoms with van der Waals surface area (Å²) in [5.74, 6) is 2.11. The Kier molecular flexibility index (Phi) is 9.23. The van der Waals surface area contributed by atoms with Crippen LogP contribution in [-0.4, -0.2) is 23.0 Å². The summed E-state index contributed by atoms with van der Waals surface area (Å²) in [6.45, 7) is 16.7. The van der Waals surface area contributed by atoms with Crippen LogP contribution in [0.15, 0.2) is 170 Å². The topological polar surface area (TPSA) is 38.7 Å². The summed E-state index contributed by atoms with van der Waals surface area (Å²) < 4.78 is 0. The van der Waals surface area contributed by atoms with Crippen LogP contribution in [0.25, 0.3) is 56.4 Å². The first kappa shape index (κ1) is 38.9. The van der Waals surface area contributed by atoms with Gasteiger partial charge in [0.25, 0.3) is 0 Å². The molecule has 0 radical (unpaired) electrons. The molecule has 1 heterocycles. The third kappa shape index (κ3) is 6.51. The SMILES string of the molecule is CC1(C)CCC(C)(C)c2c(-c3nc(-c4ccc([Si](C)(C)C)cc4)nc(-c4cccc(-c5ccc6c(c5)C(c5ccccc5)(c5ccccc5)c5ccccc5-6)c4)n3)cccc21. The number of benzene rings is 7. The zero-order valence-electron chi connectivity index (χ0n) is 36.4. The van der Waals surface area contributed by atoms with Gasteiger partial charge in [-0.2, -0.15) is 0 Å². The Morgan fingerprint density at radius 1 is 0.393 bits per heavy atom. The Morgan fingerprint density at radius 3 is 1.59 bits per heavy atom. The number of hydrogen-bond donors (Lipinski definition) is 0. The van der Waals surface area contributed by atoms with E-state index in [0.29, 0.717) is 11.6 Å². The smallest absolute Gasteiger partial charge is 0.164 e. The zero-order valence-corrected chi connectivity index (χ0v) is 37.4. The summed E-state index contributed by atoms with van der Waals surface area (Å²) in [6, 6.07) is 62.5. The van der Waals surface area contributed by atoms with Crippen LogP contribution in [-0.2, 0) is 16.2 Å². The van der Waals surface area contributed by atoms with Gasteiger partial charge in [0.2, 0.25) is 0 Å². The van der Waals surface area contributed by atoms with Crippen molar-refractivity contribution < 1.29 is 0 Å². The average molecular weight is 808 g/mol. The van der Waals surface area contributed by atoms with Crippen LogP contribution in [0.5, 0.6) is 0 Å². The fourth-order valence-electron chi connectivity index (χ4n) is 10.3. The summed E-state index contributed by atoms with van der Waals surface area (Å²) in [5, 5.41) is 1.42. The van der Waals surface area contributed by atoms with Gasteiger partial charge in [0.1, 0.15) is 0 Å². The maximum absolute atomic E-state index is 5.38. The molecule has 10 rings (SSSR count). The Hall–Kier alpha value is -6.23. The van der Waals surface area contributed by atoms with E-state index in [2.05, 4.69) is 217 Å². The predicted octanol–water partition coefficient (Wildman–Crippen LogP) is 13.8. The van der Waals surface area contributed by atoms with Crippen LogP contribution in [0.1, 0.15) is 73.9 Å². The molecule has 300 valence electrons. The molecule has 2 aliphatic carbocycles. The second-order valence-electron chi connectivity index (χ2n) is 19.5. The van der Waals surface area contributed by atoms with Crippen molar-refractivity contribution in [3.05, 3.63) is 203 Å². The van der Waals surface area contributed by atoms with Crippen molar-refractivity contribution in [1.82, 2.24) is 15.0 Å². The zero-order chi connectivity index (χ0) is 42.1. The molecule has 7 aromatic carbocycles. The molecule has 0 atom stereocenters. The monoisotopic (exact) mass is 807 g/mol.